The van der Waals surface area contributed by atoms with E-state index in [1.54, 1.807) is 29.8 Å². The van der Waals surface area contributed by atoms with Crippen LogP contribution in [0.1, 0.15) is 11.3 Å². The quantitative estimate of drug-likeness (QED) is 0.285. The molecule has 0 unspecified atom stereocenters. The summed E-state index contributed by atoms with van der Waals surface area (Å²) in [7, 11) is -2.78. The molecule has 0 spiro atoms. The van der Waals surface area contributed by atoms with Gasteiger partial charge in [-0.15, -0.1) is 0 Å². The third-order valence-electron chi connectivity index (χ3n) is 3.86. The number of sulfonamides is 1. The van der Waals surface area contributed by atoms with Crippen molar-refractivity contribution in [2.24, 2.45) is 5.10 Å². The Balaban J connectivity index is 0.00000280. The van der Waals surface area contributed by atoms with E-state index in [1.165, 1.54) is 25.4 Å². The minimum Gasteiger partial charge on any atom is -1.00 e. The lowest BCUT2D eigenvalue weighted by molar-refractivity contribution is -0.385. The van der Waals surface area contributed by atoms with E-state index in [4.69, 9.17) is 0 Å². The first-order valence-electron chi connectivity index (χ1n) is 7.61. The van der Waals surface area contributed by atoms with Crippen LogP contribution in [0.2, 0.25) is 0 Å². The molecular formula is C16H14BrClN5O4S-. The second-order valence-corrected chi connectivity index (χ2v) is 8.48. The Morgan fingerprint density at radius 2 is 2.04 bits per heavy atom. The fourth-order valence-electron chi connectivity index (χ4n) is 2.39. The minimum atomic E-state index is -4.05. The number of aromatic nitrogens is 2. The van der Waals surface area contributed by atoms with E-state index >= 15 is 0 Å². The Morgan fingerprint density at radius 3 is 2.71 bits per heavy atom. The fourth-order valence-corrected chi connectivity index (χ4v) is 3.93. The molecule has 12 heteroatoms. The Morgan fingerprint density at radius 1 is 1.32 bits per heavy atom. The lowest BCUT2D eigenvalue weighted by Gasteiger charge is -2.15. The van der Waals surface area contributed by atoms with E-state index in [0.29, 0.717) is 16.9 Å². The Bertz CT molecular complexity index is 1180. The number of nitro groups is 1. The van der Waals surface area contributed by atoms with Gasteiger partial charge < -0.3 is 12.4 Å². The third-order valence-corrected chi connectivity index (χ3v) is 6.11. The zero-order valence-corrected chi connectivity index (χ0v) is 17.8. The van der Waals surface area contributed by atoms with Gasteiger partial charge in [0.25, 0.3) is 15.7 Å². The van der Waals surface area contributed by atoms with Gasteiger partial charge in [0.1, 0.15) is 5.65 Å². The third kappa shape index (κ3) is 4.16. The maximum absolute atomic E-state index is 12.8. The van der Waals surface area contributed by atoms with E-state index in [1.807, 2.05) is 6.07 Å². The molecule has 0 aliphatic heterocycles. The minimum absolute atomic E-state index is 0. The van der Waals surface area contributed by atoms with Crippen LogP contribution in [0.3, 0.4) is 0 Å². The number of fused-ring (bicyclic) bond motifs is 1. The summed E-state index contributed by atoms with van der Waals surface area (Å²) in [6, 6.07) is 7.32. The molecule has 0 atom stereocenters. The number of non-ortho nitro benzene ring substituents is 1. The average molecular weight is 488 g/mol. The Kier molecular flexibility index (Phi) is 6.42. The summed E-state index contributed by atoms with van der Waals surface area (Å²) in [4.78, 5) is 14.3. The molecule has 3 rings (SSSR count). The van der Waals surface area contributed by atoms with Crippen LogP contribution in [0.25, 0.3) is 5.65 Å². The number of hydrazone groups is 1. The maximum atomic E-state index is 12.8. The highest BCUT2D eigenvalue weighted by molar-refractivity contribution is 9.10. The van der Waals surface area contributed by atoms with E-state index in [9.17, 15) is 18.5 Å². The zero-order valence-electron chi connectivity index (χ0n) is 14.7. The van der Waals surface area contributed by atoms with Crippen molar-refractivity contribution in [1.29, 1.82) is 0 Å². The first kappa shape index (κ1) is 21.8. The van der Waals surface area contributed by atoms with Crippen molar-refractivity contribution in [3.8, 4) is 0 Å². The van der Waals surface area contributed by atoms with Gasteiger partial charge in [0.15, 0.2) is 0 Å². The van der Waals surface area contributed by atoms with Gasteiger partial charge in [0, 0.05) is 29.8 Å². The number of imidazole rings is 1. The van der Waals surface area contributed by atoms with Gasteiger partial charge in [-0.2, -0.15) is 17.9 Å². The second-order valence-electron chi connectivity index (χ2n) is 5.65. The van der Waals surface area contributed by atoms with Crippen molar-refractivity contribution < 1.29 is 25.7 Å². The number of hydrogen-bond donors (Lipinski definition) is 0. The van der Waals surface area contributed by atoms with Crippen LogP contribution in [0.5, 0.6) is 0 Å². The average Bonchev–Trinajstić information content (AvgIpc) is 3.01. The van der Waals surface area contributed by atoms with E-state index in [2.05, 4.69) is 26.0 Å². The summed E-state index contributed by atoms with van der Waals surface area (Å²) in [5, 5.41) is 14.9. The lowest BCUT2D eigenvalue weighted by Crippen LogP contribution is -3.00. The van der Waals surface area contributed by atoms with Crippen LogP contribution < -0.4 is 12.4 Å². The number of halogens is 2. The van der Waals surface area contributed by atoms with Gasteiger partial charge in [-0.25, -0.2) is 4.98 Å². The van der Waals surface area contributed by atoms with Gasteiger partial charge in [-0.05, 0) is 40.5 Å². The predicted molar refractivity (Wildman–Crippen MR) is 103 cm³/mol. The van der Waals surface area contributed by atoms with Crippen molar-refractivity contribution in [2.75, 3.05) is 7.05 Å². The number of nitro benzene ring substituents is 1. The molecule has 2 heterocycles. The maximum Gasteiger partial charge on any atom is 0.279 e. The SMILES string of the molecule is Cc1ccc([N+](=O)[O-])cc1S(=O)(=O)N(C)N=Cc1cnc2ccc(Br)cn12.[Cl-]. The summed E-state index contributed by atoms with van der Waals surface area (Å²) >= 11 is 3.37. The molecule has 148 valence electrons. The summed E-state index contributed by atoms with van der Waals surface area (Å²) in [6.07, 6.45) is 4.70. The zero-order chi connectivity index (χ0) is 19.8. The number of pyridine rings is 1. The second kappa shape index (κ2) is 8.25. The molecule has 0 saturated heterocycles. The topological polar surface area (TPSA) is 110 Å². The van der Waals surface area contributed by atoms with Gasteiger partial charge >= 0.3 is 0 Å². The molecule has 0 saturated carbocycles. The van der Waals surface area contributed by atoms with Crippen molar-refractivity contribution >= 4 is 43.5 Å². The molecule has 3 aromatic rings. The van der Waals surface area contributed by atoms with Gasteiger partial charge in [0.2, 0.25) is 0 Å². The van der Waals surface area contributed by atoms with Crippen LogP contribution in [0.15, 0.2) is 57.2 Å². The lowest BCUT2D eigenvalue weighted by atomic mass is 10.2. The number of hydrogen-bond acceptors (Lipinski definition) is 6. The monoisotopic (exact) mass is 486 g/mol. The largest absolute Gasteiger partial charge is 1.00 e. The number of nitrogens with zero attached hydrogens (tertiary/aromatic N) is 5. The first-order chi connectivity index (χ1) is 12.7. The number of benzene rings is 1. The van der Waals surface area contributed by atoms with Crippen molar-refractivity contribution in [3.05, 3.63) is 68.6 Å². The predicted octanol–water partition coefficient (Wildman–Crippen LogP) is -0.0280. The van der Waals surface area contributed by atoms with Crippen LogP contribution in [-0.2, 0) is 10.0 Å². The highest BCUT2D eigenvalue weighted by atomic mass is 79.9. The normalized spacial score (nSPS) is 11.5. The molecule has 0 N–H and O–H groups in total. The number of rotatable bonds is 5. The standard InChI is InChI=1S/C16H14BrN5O4S.ClH/c1-11-3-5-13(22(23)24)7-15(11)27(25,26)20(2)19-9-14-8-18-16-6-4-12(17)10-21(14)16;/h3-10H,1-2H3;1H/p-1. The molecule has 0 aliphatic carbocycles. The highest BCUT2D eigenvalue weighted by Gasteiger charge is 2.24. The Labute approximate surface area is 175 Å². The molecule has 28 heavy (non-hydrogen) atoms. The van der Waals surface area contributed by atoms with Crippen molar-refractivity contribution in [1.82, 2.24) is 13.8 Å². The smallest absolute Gasteiger partial charge is 0.279 e. The fraction of sp³-hybridized carbons (Fsp3) is 0.125. The summed E-state index contributed by atoms with van der Waals surface area (Å²) in [5.41, 5.74) is 1.34. The van der Waals surface area contributed by atoms with E-state index in [-0.39, 0.29) is 23.0 Å². The van der Waals surface area contributed by atoms with E-state index < -0.39 is 14.9 Å². The molecule has 0 aliphatic rings. The summed E-state index contributed by atoms with van der Waals surface area (Å²) in [5.74, 6) is 0. The van der Waals surface area contributed by atoms with Gasteiger partial charge in [0.05, 0.1) is 27.9 Å². The Hall–Kier alpha value is -2.50. The van der Waals surface area contributed by atoms with Crippen LogP contribution in [-0.4, -0.2) is 40.4 Å². The van der Waals surface area contributed by atoms with Crippen molar-refractivity contribution in [2.45, 2.75) is 11.8 Å². The van der Waals surface area contributed by atoms with Gasteiger partial charge in [-0.1, -0.05) is 6.07 Å². The van der Waals surface area contributed by atoms with Crippen LogP contribution in [0.4, 0.5) is 5.69 Å². The van der Waals surface area contributed by atoms with Crippen LogP contribution >= 0.6 is 15.9 Å². The van der Waals surface area contributed by atoms with Crippen LogP contribution in [0, 0.1) is 17.0 Å². The molecule has 0 amide bonds. The molecule has 9 nitrogen and oxygen atoms in total. The molecule has 1 aromatic carbocycles. The molecule has 0 bridgehead atoms. The molecule has 2 aromatic heterocycles. The first-order valence-corrected chi connectivity index (χ1v) is 9.84. The van der Waals surface area contributed by atoms with Gasteiger partial charge in [-0.3, -0.25) is 14.5 Å². The van der Waals surface area contributed by atoms with E-state index in [0.717, 1.165) is 15.0 Å². The van der Waals surface area contributed by atoms with Crippen molar-refractivity contribution in [3.63, 3.8) is 0 Å². The highest BCUT2D eigenvalue weighted by Crippen LogP contribution is 2.24. The summed E-state index contributed by atoms with van der Waals surface area (Å²) in [6.45, 7) is 1.57. The molecular weight excluding hydrogens is 474 g/mol. The molecule has 0 radical (unpaired) electrons. The molecule has 0 fully saturated rings. The summed E-state index contributed by atoms with van der Waals surface area (Å²) < 4.78 is 28.9. The number of aryl methyl sites for hydroxylation is 1.